The van der Waals surface area contributed by atoms with E-state index in [-0.39, 0.29) is 0 Å². The minimum absolute atomic E-state index is 0.411. The van der Waals surface area contributed by atoms with E-state index in [2.05, 4.69) is 43.1 Å². The number of nitrogens with one attached hydrogen (secondary N) is 1. The molecule has 2 rings (SSSR count). The molecule has 3 heteroatoms. The molecule has 3 nitrogen and oxygen atoms in total. The molecule has 1 atom stereocenters. The van der Waals surface area contributed by atoms with Crippen LogP contribution in [0.15, 0.2) is 0 Å². The lowest BCUT2D eigenvalue weighted by Gasteiger charge is -2.41. The summed E-state index contributed by atoms with van der Waals surface area (Å²) in [5.41, 5.74) is 0.411. The monoisotopic (exact) mass is 267 g/mol. The van der Waals surface area contributed by atoms with Crippen molar-refractivity contribution >= 4 is 0 Å². The van der Waals surface area contributed by atoms with Crippen LogP contribution in [0, 0.1) is 5.41 Å². The summed E-state index contributed by atoms with van der Waals surface area (Å²) in [6, 6.07) is 1.51. The molecule has 1 aliphatic carbocycles. The van der Waals surface area contributed by atoms with Gasteiger partial charge in [-0.1, -0.05) is 33.1 Å². The largest absolute Gasteiger partial charge is 0.318 e. The molecule has 112 valence electrons. The Balaban J connectivity index is 2.12. The van der Waals surface area contributed by atoms with Gasteiger partial charge in [0.25, 0.3) is 0 Å². The Morgan fingerprint density at radius 1 is 1.11 bits per heavy atom. The van der Waals surface area contributed by atoms with Crippen LogP contribution in [-0.2, 0) is 0 Å². The molecule has 0 bridgehead atoms. The SMILES string of the molecule is CNCC1CN(C)CC(C)(C)CN1C1CCCCC1. The third kappa shape index (κ3) is 4.17. The molecule has 0 aromatic heterocycles. The van der Waals surface area contributed by atoms with Crippen LogP contribution >= 0.6 is 0 Å². The first-order chi connectivity index (χ1) is 9.02. The molecular weight excluding hydrogens is 234 g/mol. The third-order valence-electron chi connectivity index (χ3n) is 4.78. The molecule has 0 aromatic rings. The van der Waals surface area contributed by atoms with Crippen LogP contribution in [0.2, 0.25) is 0 Å². The van der Waals surface area contributed by atoms with Crippen molar-refractivity contribution < 1.29 is 0 Å². The topological polar surface area (TPSA) is 18.5 Å². The summed E-state index contributed by atoms with van der Waals surface area (Å²) in [5.74, 6) is 0. The van der Waals surface area contributed by atoms with Gasteiger partial charge >= 0.3 is 0 Å². The molecule has 1 unspecified atom stereocenters. The van der Waals surface area contributed by atoms with Crippen LogP contribution in [0.1, 0.15) is 46.0 Å². The lowest BCUT2D eigenvalue weighted by Crippen LogP contribution is -2.52. The highest BCUT2D eigenvalue weighted by Crippen LogP contribution is 2.30. The molecule has 1 heterocycles. The average molecular weight is 267 g/mol. The summed E-state index contributed by atoms with van der Waals surface area (Å²) in [6.07, 6.45) is 7.15. The van der Waals surface area contributed by atoms with Crippen molar-refractivity contribution in [3.63, 3.8) is 0 Å². The maximum Gasteiger partial charge on any atom is 0.0350 e. The first-order valence-electron chi connectivity index (χ1n) is 8.11. The van der Waals surface area contributed by atoms with Gasteiger partial charge in [0.15, 0.2) is 0 Å². The van der Waals surface area contributed by atoms with E-state index in [4.69, 9.17) is 0 Å². The Bertz CT molecular complexity index is 271. The van der Waals surface area contributed by atoms with Crippen LogP contribution in [0.25, 0.3) is 0 Å². The number of nitrogens with zero attached hydrogens (tertiary/aromatic N) is 2. The van der Waals surface area contributed by atoms with Gasteiger partial charge in [-0.2, -0.15) is 0 Å². The molecule has 1 saturated heterocycles. The van der Waals surface area contributed by atoms with E-state index in [1.807, 2.05) is 0 Å². The van der Waals surface area contributed by atoms with Gasteiger partial charge in [-0.25, -0.2) is 0 Å². The van der Waals surface area contributed by atoms with Crippen molar-refractivity contribution in [3.8, 4) is 0 Å². The van der Waals surface area contributed by atoms with Crippen molar-refractivity contribution in [2.45, 2.75) is 58.0 Å². The molecule has 19 heavy (non-hydrogen) atoms. The van der Waals surface area contributed by atoms with Crippen molar-refractivity contribution in [1.29, 1.82) is 0 Å². The highest BCUT2D eigenvalue weighted by atomic mass is 15.3. The fraction of sp³-hybridized carbons (Fsp3) is 1.00. The smallest absolute Gasteiger partial charge is 0.0350 e. The van der Waals surface area contributed by atoms with Crippen molar-refractivity contribution in [3.05, 3.63) is 0 Å². The van der Waals surface area contributed by atoms with E-state index in [0.29, 0.717) is 11.5 Å². The fourth-order valence-corrected chi connectivity index (χ4v) is 4.19. The Morgan fingerprint density at radius 2 is 1.79 bits per heavy atom. The highest BCUT2D eigenvalue weighted by molar-refractivity contribution is 4.92. The highest BCUT2D eigenvalue weighted by Gasteiger charge is 2.36. The van der Waals surface area contributed by atoms with E-state index < -0.39 is 0 Å². The summed E-state index contributed by atoms with van der Waals surface area (Å²) in [4.78, 5) is 5.38. The molecule has 0 spiro atoms. The van der Waals surface area contributed by atoms with E-state index >= 15 is 0 Å². The summed E-state index contributed by atoms with van der Waals surface area (Å²) >= 11 is 0. The Morgan fingerprint density at radius 3 is 2.42 bits per heavy atom. The Kier molecular flexibility index (Phi) is 5.27. The third-order valence-corrected chi connectivity index (χ3v) is 4.78. The quantitative estimate of drug-likeness (QED) is 0.845. The zero-order valence-corrected chi connectivity index (χ0v) is 13.4. The predicted molar refractivity (Wildman–Crippen MR) is 82.6 cm³/mol. The van der Waals surface area contributed by atoms with Gasteiger partial charge in [0.1, 0.15) is 0 Å². The van der Waals surface area contributed by atoms with Crippen molar-refractivity contribution in [2.75, 3.05) is 40.3 Å². The normalized spacial score (nSPS) is 31.3. The van der Waals surface area contributed by atoms with Crippen LogP contribution < -0.4 is 5.32 Å². The first-order valence-corrected chi connectivity index (χ1v) is 8.11. The Labute approximate surface area is 119 Å². The molecule has 1 saturated carbocycles. The van der Waals surface area contributed by atoms with Crippen molar-refractivity contribution in [1.82, 2.24) is 15.1 Å². The van der Waals surface area contributed by atoms with E-state index in [1.54, 1.807) is 0 Å². The molecule has 0 radical (unpaired) electrons. The van der Waals surface area contributed by atoms with Gasteiger partial charge in [0.05, 0.1) is 0 Å². The molecule has 0 aromatic carbocycles. The van der Waals surface area contributed by atoms with E-state index in [1.165, 1.54) is 51.7 Å². The molecule has 2 aliphatic rings. The number of hydrogen-bond donors (Lipinski definition) is 1. The van der Waals surface area contributed by atoms with E-state index in [9.17, 15) is 0 Å². The molecular formula is C16H33N3. The predicted octanol–water partition coefficient (Wildman–Crippen LogP) is 2.18. The van der Waals surface area contributed by atoms with Gasteiger partial charge in [-0.15, -0.1) is 0 Å². The molecule has 0 amide bonds. The van der Waals surface area contributed by atoms with Crippen LogP contribution in [0.4, 0.5) is 0 Å². The summed E-state index contributed by atoms with van der Waals surface area (Å²) < 4.78 is 0. The van der Waals surface area contributed by atoms with Crippen LogP contribution in [-0.4, -0.2) is 62.2 Å². The van der Waals surface area contributed by atoms with E-state index in [0.717, 1.165) is 12.6 Å². The average Bonchev–Trinajstić information content (AvgIpc) is 2.46. The number of likely N-dealkylation sites (N-methyl/N-ethyl adjacent to an activating group) is 2. The minimum atomic E-state index is 0.411. The second-order valence-corrected chi connectivity index (χ2v) is 7.54. The molecule has 2 fully saturated rings. The zero-order chi connectivity index (χ0) is 13.9. The Hall–Kier alpha value is -0.120. The van der Waals surface area contributed by atoms with Crippen molar-refractivity contribution in [2.24, 2.45) is 5.41 Å². The minimum Gasteiger partial charge on any atom is -0.318 e. The second-order valence-electron chi connectivity index (χ2n) is 7.54. The second kappa shape index (κ2) is 6.55. The summed E-state index contributed by atoms with van der Waals surface area (Å²) in [6.45, 7) is 9.67. The van der Waals surface area contributed by atoms with Gasteiger partial charge in [-0.05, 0) is 32.4 Å². The van der Waals surface area contributed by atoms with Gasteiger partial charge in [0, 0.05) is 38.3 Å². The molecule has 1 N–H and O–H groups in total. The van der Waals surface area contributed by atoms with Gasteiger partial charge < -0.3 is 10.2 Å². The van der Waals surface area contributed by atoms with Gasteiger partial charge in [0.2, 0.25) is 0 Å². The van der Waals surface area contributed by atoms with Crippen LogP contribution in [0.3, 0.4) is 0 Å². The maximum absolute atomic E-state index is 3.41. The lowest BCUT2D eigenvalue weighted by atomic mass is 9.88. The van der Waals surface area contributed by atoms with Gasteiger partial charge in [-0.3, -0.25) is 4.90 Å². The molecule has 1 aliphatic heterocycles. The number of hydrogen-bond acceptors (Lipinski definition) is 3. The standard InChI is InChI=1S/C16H33N3/c1-16(2)12-18(4)11-15(10-17-3)19(13-16)14-8-6-5-7-9-14/h14-15,17H,5-13H2,1-4H3. The zero-order valence-electron chi connectivity index (χ0n) is 13.4. The van der Waals surface area contributed by atoms with Crippen LogP contribution in [0.5, 0.6) is 0 Å². The summed E-state index contributed by atoms with van der Waals surface area (Å²) in [5, 5.41) is 3.41. The summed E-state index contributed by atoms with van der Waals surface area (Å²) in [7, 11) is 4.38. The first kappa shape index (κ1) is 15.3. The lowest BCUT2D eigenvalue weighted by molar-refractivity contribution is 0.0803. The maximum atomic E-state index is 3.41. The number of rotatable bonds is 3. The fourth-order valence-electron chi connectivity index (χ4n) is 4.19.